The smallest absolute Gasteiger partial charge is 0.270 e. The molecule has 0 rings (SSSR count). The Hall–Kier alpha value is -0.510. The van der Waals surface area contributed by atoms with E-state index in [0.717, 1.165) is 0 Å². The van der Waals surface area contributed by atoms with Gasteiger partial charge < -0.3 is 9.90 Å². The Morgan fingerprint density at radius 2 is 2.00 bits per heavy atom. The van der Waals surface area contributed by atoms with Gasteiger partial charge in [-0.05, 0) is 0 Å². The molecule has 0 aliphatic rings. The molecule has 0 aliphatic carbocycles. The highest BCUT2D eigenvalue weighted by atomic mass is 19.3. The summed E-state index contributed by atoms with van der Waals surface area (Å²) < 4.78 is 21.9. The van der Waals surface area contributed by atoms with E-state index in [0.29, 0.717) is 0 Å². The molecule has 0 aromatic carbocycles. The molecule has 0 fully saturated rings. The Labute approximate surface area is 38.8 Å². The Balaban J connectivity index is 3.33. The van der Waals surface area contributed by atoms with Crippen LogP contribution < -0.4 is 0 Å². The first-order valence-electron chi connectivity index (χ1n) is 1.60. The lowest BCUT2D eigenvalue weighted by Crippen LogP contribution is -2.17. The van der Waals surface area contributed by atoms with Crippen molar-refractivity contribution >= 4 is 6.29 Å². The van der Waals surface area contributed by atoms with Crippen molar-refractivity contribution in [3.63, 3.8) is 0 Å². The van der Waals surface area contributed by atoms with Crippen LogP contribution in [-0.2, 0) is 4.79 Å². The Bertz CT molecular complexity index is 64.0. The molecule has 0 aromatic rings. The molecule has 1 N–H and O–H groups in total. The molecule has 2 nitrogen and oxygen atoms in total. The first-order chi connectivity index (χ1) is 3.18. The zero-order chi connectivity index (χ0) is 5.86. The zero-order valence-corrected chi connectivity index (χ0v) is 3.34. The minimum atomic E-state index is -2.95. The Morgan fingerprint density at radius 3 is 2.00 bits per heavy atom. The molecular formula is C3H4F2O2. The quantitative estimate of drug-likeness (QED) is 0.500. The average Bonchev–Trinajstić information content (AvgIpc) is 1.65. The summed E-state index contributed by atoms with van der Waals surface area (Å²) in [6.07, 6.45) is -5.26. The van der Waals surface area contributed by atoms with E-state index in [2.05, 4.69) is 0 Å². The van der Waals surface area contributed by atoms with Gasteiger partial charge in [-0.1, -0.05) is 0 Å². The van der Waals surface area contributed by atoms with Crippen LogP contribution in [0.1, 0.15) is 0 Å². The molecule has 0 saturated carbocycles. The molecule has 0 bridgehead atoms. The number of hydrogen-bond acceptors (Lipinski definition) is 2. The molecule has 0 amide bonds. The van der Waals surface area contributed by atoms with Crippen molar-refractivity contribution in [1.82, 2.24) is 0 Å². The molecule has 0 spiro atoms. The highest BCUT2D eigenvalue weighted by Crippen LogP contribution is 1.95. The van der Waals surface area contributed by atoms with Crippen molar-refractivity contribution in [1.29, 1.82) is 0 Å². The SMILES string of the molecule is O=C[C@H](O)C(F)F. The first-order valence-corrected chi connectivity index (χ1v) is 1.60. The van der Waals surface area contributed by atoms with E-state index in [1.165, 1.54) is 0 Å². The van der Waals surface area contributed by atoms with Crippen LogP contribution >= 0.6 is 0 Å². The third kappa shape index (κ3) is 2.22. The summed E-state index contributed by atoms with van der Waals surface area (Å²) in [6.45, 7) is 0. The van der Waals surface area contributed by atoms with Crippen LogP contribution in [0.4, 0.5) is 8.78 Å². The number of aldehydes is 1. The maximum atomic E-state index is 10.9. The third-order valence-corrected chi connectivity index (χ3v) is 0.398. The van der Waals surface area contributed by atoms with Gasteiger partial charge >= 0.3 is 0 Å². The summed E-state index contributed by atoms with van der Waals surface area (Å²) in [5, 5.41) is 7.82. The van der Waals surface area contributed by atoms with Crippen molar-refractivity contribution in [2.45, 2.75) is 12.5 Å². The second-order valence-corrected chi connectivity index (χ2v) is 0.961. The van der Waals surface area contributed by atoms with Gasteiger partial charge in [0.1, 0.15) is 0 Å². The molecule has 42 valence electrons. The third-order valence-electron chi connectivity index (χ3n) is 0.398. The standard InChI is InChI=1S/C3H4F2O2/c4-3(5)2(7)1-6/h1-3,7H/t2-/m0/s1. The van der Waals surface area contributed by atoms with Crippen molar-refractivity contribution in [2.24, 2.45) is 0 Å². The van der Waals surface area contributed by atoms with Gasteiger partial charge in [-0.2, -0.15) is 0 Å². The van der Waals surface area contributed by atoms with Crippen LogP contribution in [0.5, 0.6) is 0 Å². The van der Waals surface area contributed by atoms with E-state index in [1.807, 2.05) is 0 Å². The van der Waals surface area contributed by atoms with E-state index in [9.17, 15) is 13.6 Å². The van der Waals surface area contributed by atoms with Gasteiger partial charge in [0.25, 0.3) is 6.43 Å². The van der Waals surface area contributed by atoms with Crippen molar-refractivity contribution in [2.75, 3.05) is 0 Å². The maximum Gasteiger partial charge on any atom is 0.270 e. The van der Waals surface area contributed by atoms with Crippen molar-refractivity contribution in [3.05, 3.63) is 0 Å². The minimum absolute atomic E-state index is 0.204. The number of hydrogen-bond donors (Lipinski definition) is 1. The number of rotatable bonds is 2. The first kappa shape index (κ1) is 6.49. The molecular weight excluding hydrogens is 106 g/mol. The van der Waals surface area contributed by atoms with Crippen LogP contribution in [0.2, 0.25) is 0 Å². The molecule has 0 radical (unpaired) electrons. The lowest BCUT2D eigenvalue weighted by atomic mass is 10.4. The van der Waals surface area contributed by atoms with E-state index in [1.54, 1.807) is 0 Å². The van der Waals surface area contributed by atoms with E-state index >= 15 is 0 Å². The monoisotopic (exact) mass is 110 g/mol. The molecule has 7 heavy (non-hydrogen) atoms. The summed E-state index contributed by atoms with van der Waals surface area (Å²) in [7, 11) is 0. The van der Waals surface area contributed by atoms with Gasteiger partial charge in [-0.25, -0.2) is 8.78 Å². The number of carbonyl (C=O) groups is 1. The van der Waals surface area contributed by atoms with Crippen molar-refractivity contribution in [3.8, 4) is 0 Å². The summed E-state index contributed by atoms with van der Waals surface area (Å²) in [5.41, 5.74) is 0. The number of aliphatic hydroxyl groups is 1. The largest absolute Gasteiger partial charge is 0.380 e. The second-order valence-electron chi connectivity index (χ2n) is 0.961. The van der Waals surface area contributed by atoms with Gasteiger partial charge in [0.05, 0.1) is 0 Å². The normalized spacial score (nSPS) is 14.3. The number of halogens is 2. The predicted molar refractivity (Wildman–Crippen MR) is 18.1 cm³/mol. The van der Waals surface area contributed by atoms with Crippen LogP contribution in [0, 0.1) is 0 Å². The summed E-state index contributed by atoms with van der Waals surface area (Å²) in [4.78, 5) is 9.22. The van der Waals surface area contributed by atoms with Crippen LogP contribution in [0.3, 0.4) is 0 Å². The maximum absolute atomic E-state index is 10.9. The van der Waals surface area contributed by atoms with Gasteiger partial charge in [0.15, 0.2) is 12.4 Å². The van der Waals surface area contributed by atoms with Gasteiger partial charge in [0, 0.05) is 0 Å². The molecule has 0 heterocycles. The van der Waals surface area contributed by atoms with E-state index in [4.69, 9.17) is 5.11 Å². The number of carbonyl (C=O) groups excluding carboxylic acids is 1. The minimum Gasteiger partial charge on any atom is -0.380 e. The highest BCUT2D eigenvalue weighted by molar-refractivity contribution is 5.55. The topological polar surface area (TPSA) is 37.3 Å². The van der Waals surface area contributed by atoms with Gasteiger partial charge in [0.2, 0.25) is 0 Å². The Morgan fingerprint density at radius 1 is 1.57 bits per heavy atom. The molecule has 1 atom stereocenters. The number of alkyl halides is 2. The fourth-order valence-corrected chi connectivity index (χ4v) is 0.0594. The van der Waals surface area contributed by atoms with E-state index < -0.39 is 12.5 Å². The van der Waals surface area contributed by atoms with Crippen LogP contribution in [0.25, 0.3) is 0 Å². The average molecular weight is 110 g/mol. The van der Waals surface area contributed by atoms with Gasteiger partial charge in [-0.15, -0.1) is 0 Å². The molecule has 4 heteroatoms. The lowest BCUT2D eigenvalue weighted by Gasteiger charge is -1.95. The summed E-state index contributed by atoms with van der Waals surface area (Å²) in [6, 6.07) is 0. The Kier molecular flexibility index (Phi) is 2.44. The fourth-order valence-electron chi connectivity index (χ4n) is 0.0594. The van der Waals surface area contributed by atoms with E-state index in [-0.39, 0.29) is 6.29 Å². The lowest BCUT2D eigenvalue weighted by molar-refractivity contribution is -0.121. The summed E-state index contributed by atoms with van der Waals surface area (Å²) >= 11 is 0. The number of aliphatic hydroxyl groups excluding tert-OH is 1. The molecule has 0 aromatic heterocycles. The zero-order valence-electron chi connectivity index (χ0n) is 3.34. The fraction of sp³-hybridized carbons (Fsp3) is 0.667. The predicted octanol–water partition coefficient (Wildman–Crippen LogP) is -0.189. The highest BCUT2D eigenvalue weighted by Gasteiger charge is 2.13. The molecule has 0 unspecified atom stereocenters. The van der Waals surface area contributed by atoms with Gasteiger partial charge in [-0.3, -0.25) is 0 Å². The molecule has 0 aliphatic heterocycles. The second kappa shape index (κ2) is 2.63. The van der Waals surface area contributed by atoms with Crippen LogP contribution in [-0.4, -0.2) is 23.9 Å². The molecule has 0 saturated heterocycles. The summed E-state index contributed by atoms with van der Waals surface area (Å²) in [5.74, 6) is 0. The van der Waals surface area contributed by atoms with Crippen molar-refractivity contribution < 1.29 is 18.7 Å². The van der Waals surface area contributed by atoms with Crippen LogP contribution in [0.15, 0.2) is 0 Å².